The third kappa shape index (κ3) is 2.67. The van der Waals surface area contributed by atoms with E-state index in [2.05, 4.69) is 31.3 Å². The van der Waals surface area contributed by atoms with E-state index in [1.807, 2.05) is 18.8 Å². The van der Waals surface area contributed by atoms with Gasteiger partial charge in [0.2, 0.25) is 0 Å². The first-order valence-corrected chi connectivity index (χ1v) is 7.41. The SMILES string of the molecule is CNCC1(Sc2cc(C)c(C)cc2OC)CCC1. The molecule has 2 nitrogen and oxygen atoms in total. The molecule has 1 N–H and O–H groups in total. The van der Waals surface area contributed by atoms with Gasteiger partial charge in [0.25, 0.3) is 0 Å². The lowest BCUT2D eigenvalue weighted by molar-refractivity contribution is 0.352. The summed E-state index contributed by atoms with van der Waals surface area (Å²) in [5, 5.41) is 3.33. The lowest BCUT2D eigenvalue weighted by Crippen LogP contribution is -2.42. The second-order valence-electron chi connectivity index (χ2n) is 5.26. The highest BCUT2D eigenvalue weighted by Crippen LogP contribution is 2.49. The number of nitrogens with one attached hydrogen (secondary N) is 1. The van der Waals surface area contributed by atoms with Gasteiger partial charge in [0.15, 0.2) is 0 Å². The molecule has 2 rings (SSSR count). The van der Waals surface area contributed by atoms with Crippen molar-refractivity contribution in [2.45, 2.75) is 42.8 Å². The van der Waals surface area contributed by atoms with Crippen LogP contribution in [0.4, 0.5) is 0 Å². The first-order chi connectivity index (χ1) is 8.60. The molecule has 0 bridgehead atoms. The zero-order chi connectivity index (χ0) is 13.2. The molecule has 1 aliphatic rings. The molecule has 100 valence electrons. The molecule has 0 spiro atoms. The van der Waals surface area contributed by atoms with E-state index in [9.17, 15) is 0 Å². The van der Waals surface area contributed by atoms with Crippen molar-refractivity contribution in [2.24, 2.45) is 0 Å². The third-order valence-corrected chi connectivity index (χ3v) is 5.39. The van der Waals surface area contributed by atoms with Crippen LogP contribution in [0.5, 0.6) is 5.75 Å². The molecule has 18 heavy (non-hydrogen) atoms. The first kappa shape index (κ1) is 13.8. The Morgan fingerprint density at radius 2 is 1.94 bits per heavy atom. The van der Waals surface area contributed by atoms with Crippen LogP contribution in [-0.4, -0.2) is 25.4 Å². The highest BCUT2D eigenvalue weighted by Gasteiger charge is 2.38. The van der Waals surface area contributed by atoms with Gasteiger partial charge in [-0.3, -0.25) is 0 Å². The number of benzene rings is 1. The first-order valence-electron chi connectivity index (χ1n) is 6.59. The van der Waals surface area contributed by atoms with E-state index in [1.165, 1.54) is 35.3 Å². The zero-order valence-corrected chi connectivity index (χ0v) is 12.6. The Labute approximate surface area is 114 Å². The van der Waals surface area contributed by atoms with Crippen LogP contribution in [0.2, 0.25) is 0 Å². The van der Waals surface area contributed by atoms with Gasteiger partial charge in [0, 0.05) is 11.3 Å². The van der Waals surface area contributed by atoms with Gasteiger partial charge in [0.05, 0.1) is 12.0 Å². The number of thioether (sulfide) groups is 1. The topological polar surface area (TPSA) is 21.3 Å². The van der Waals surface area contributed by atoms with Crippen LogP contribution >= 0.6 is 11.8 Å². The Morgan fingerprint density at radius 3 is 2.44 bits per heavy atom. The zero-order valence-electron chi connectivity index (χ0n) is 11.8. The molecule has 0 heterocycles. The van der Waals surface area contributed by atoms with E-state index >= 15 is 0 Å². The van der Waals surface area contributed by atoms with E-state index in [-0.39, 0.29) is 0 Å². The van der Waals surface area contributed by atoms with E-state index in [0.717, 1.165) is 12.3 Å². The number of hydrogen-bond donors (Lipinski definition) is 1. The third-order valence-electron chi connectivity index (χ3n) is 3.87. The van der Waals surface area contributed by atoms with E-state index in [1.54, 1.807) is 7.11 Å². The molecule has 1 fully saturated rings. The highest BCUT2D eigenvalue weighted by molar-refractivity contribution is 8.00. The number of ether oxygens (including phenoxy) is 1. The van der Waals surface area contributed by atoms with Crippen molar-refractivity contribution in [1.29, 1.82) is 0 Å². The summed E-state index contributed by atoms with van der Waals surface area (Å²) in [4.78, 5) is 1.29. The summed E-state index contributed by atoms with van der Waals surface area (Å²) in [5.74, 6) is 1.02. The molecule has 0 atom stereocenters. The van der Waals surface area contributed by atoms with Gasteiger partial charge in [-0.15, -0.1) is 11.8 Å². The summed E-state index contributed by atoms with van der Waals surface area (Å²) < 4.78 is 5.91. The van der Waals surface area contributed by atoms with Crippen LogP contribution < -0.4 is 10.1 Å². The molecule has 1 aliphatic carbocycles. The predicted octanol–water partition coefficient (Wildman–Crippen LogP) is 3.55. The van der Waals surface area contributed by atoms with Crippen molar-refractivity contribution in [1.82, 2.24) is 5.32 Å². The lowest BCUT2D eigenvalue weighted by Gasteiger charge is -2.41. The van der Waals surface area contributed by atoms with Crippen molar-refractivity contribution < 1.29 is 4.74 Å². The van der Waals surface area contributed by atoms with Crippen LogP contribution in [-0.2, 0) is 0 Å². The number of aryl methyl sites for hydroxylation is 2. The fourth-order valence-electron chi connectivity index (χ4n) is 2.44. The molecule has 0 radical (unpaired) electrons. The molecule has 0 aromatic heterocycles. The van der Waals surface area contributed by atoms with E-state index in [4.69, 9.17) is 4.74 Å². The summed E-state index contributed by atoms with van der Waals surface area (Å²) in [7, 11) is 3.80. The minimum absolute atomic E-state index is 0.379. The van der Waals surface area contributed by atoms with Crippen molar-refractivity contribution in [3.05, 3.63) is 23.3 Å². The normalized spacial score (nSPS) is 17.3. The van der Waals surface area contributed by atoms with Crippen molar-refractivity contribution in [3.8, 4) is 5.75 Å². The lowest BCUT2D eigenvalue weighted by atomic mass is 9.84. The van der Waals surface area contributed by atoms with Crippen LogP contribution in [0.15, 0.2) is 17.0 Å². The van der Waals surface area contributed by atoms with Crippen LogP contribution in [0, 0.1) is 13.8 Å². The van der Waals surface area contributed by atoms with E-state index in [0.29, 0.717) is 4.75 Å². The Balaban J connectivity index is 2.24. The largest absolute Gasteiger partial charge is 0.496 e. The second-order valence-corrected chi connectivity index (χ2v) is 6.77. The Morgan fingerprint density at radius 1 is 1.28 bits per heavy atom. The van der Waals surface area contributed by atoms with Gasteiger partial charge >= 0.3 is 0 Å². The Hall–Kier alpha value is -0.670. The monoisotopic (exact) mass is 265 g/mol. The smallest absolute Gasteiger partial charge is 0.132 e. The fraction of sp³-hybridized carbons (Fsp3) is 0.600. The summed E-state index contributed by atoms with van der Waals surface area (Å²) in [6.07, 6.45) is 3.95. The number of rotatable bonds is 5. The van der Waals surface area contributed by atoms with Crippen LogP contribution in [0.3, 0.4) is 0 Å². The Bertz CT molecular complexity index is 427. The number of methoxy groups -OCH3 is 1. The minimum atomic E-state index is 0.379. The molecule has 3 heteroatoms. The molecular formula is C15H23NOS. The molecule has 0 saturated heterocycles. The van der Waals surface area contributed by atoms with Gasteiger partial charge in [-0.25, -0.2) is 0 Å². The molecular weight excluding hydrogens is 242 g/mol. The molecule has 1 saturated carbocycles. The van der Waals surface area contributed by atoms with Gasteiger partial charge in [-0.2, -0.15) is 0 Å². The fourth-order valence-corrected chi connectivity index (χ4v) is 4.10. The molecule has 0 amide bonds. The maximum atomic E-state index is 5.53. The van der Waals surface area contributed by atoms with Gasteiger partial charge in [-0.1, -0.05) is 6.42 Å². The van der Waals surface area contributed by atoms with Crippen LogP contribution in [0.25, 0.3) is 0 Å². The number of hydrogen-bond acceptors (Lipinski definition) is 3. The average molecular weight is 265 g/mol. The molecule has 1 aromatic carbocycles. The van der Waals surface area contributed by atoms with Crippen molar-refractivity contribution in [2.75, 3.05) is 20.7 Å². The summed E-state index contributed by atoms with van der Waals surface area (Å²) >= 11 is 1.99. The average Bonchev–Trinajstić information content (AvgIpc) is 2.30. The van der Waals surface area contributed by atoms with E-state index < -0.39 is 0 Å². The summed E-state index contributed by atoms with van der Waals surface area (Å²) in [6.45, 7) is 5.39. The maximum Gasteiger partial charge on any atom is 0.132 e. The Kier molecular flexibility index (Phi) is 4.23. The summed E-state index contributed by atoms with van der Waals surface area (Å²) in [5.41, 5.74) is 2.64. The second kappa shape index (κ2) is 5.54. The maximum absolute atomic E-state index is 5.53. The highest BCUT2D eigenvalue weighted by atomic mass is 32.2. The van der Waals surface area contributed by atoms with Gasteiger partial charge in [0.1, 0.15) is 5.75 Å². The van der Waals surface area contributed by atoms with Gasteiger partial charge in [-0.05, 0) is 57.0 Å². The molecule has 0 aliphatic heterocycles. The van der Waals surface area contributed by atoms with Gasteiger partial charge < -0.3 is 10.1 Å². The van der Waals surface area contributed by atoms with Crippen molar-refractivity contribution >= 4 is 11.8 Å². The predicted molar refractivity (Wildman–Crippen MR) is 78.8 cm³/mol. The van der Waals surface area contributed by atoms with Crippen LogP contribution in [0.1, 0.15) is 30.4 Å². The standard InChI is InChI=1S/C15H23NOS/c1-11-8-13(17-4)14(9-12(11)2)18-15(10-16-3)6-5-7-15/h8-9,16H,5-7,10H2,1-4H3. The molecule has 1 aromatic rings. The van der Waals surface area contributed by atoms with Crippen molar-refractivity contribution in [3.63, 3.8) is 0 Å². The molecule has 0 unspecified atom stereocenters. The quantitative estimate of drug-likeness (QED) is 0.880. The summed E-state index contributed by atoms with van der Waals surface area (Å²) in [6, 6.07) is 4.43. The minimum Gasteiger partial charge on any atom is -0.496 e.